The molecular weight excluding hydrogens is 413 g/mol. The smallest absolute Gasteiger partial charge is 0.269 e. The summed E-state index contributed by atoms with van der Waals surface area (Å²) in [6, 6.07) is 25.2. The number of rotatable bonds is 7. The normalized spacial score (nSPS) is 11.0. The molecule has 152 valence electrons. The van der Waals surface area contributed by atoms with Crippen molar-refractivity contribution in [3.05, 3.63) is 117 Å². The van der Waals surface area contributed by atoms with E-state index >= 15 is 0 Å². The molecule has 0 saturated carbocycles. The minimum atomic E-state index is -3.17. The minimum absolute atomic E-state index is 0.0381. The van der Waals surface area contributed by atoms with E-state index in [9.17, 15) is 14.7 Å². The molecule has 6 heteroatoms. The van der Waals surface area contributed by atoms with Gasteiger partial charge in [-0.15, -0.1) is 0 Å². The molecule has 3 rings (SSSR count). The molecule has 0 amide bonds. The fourth-order valence-electron chi connectivity index (χ4n) is 3.08. The van der Waals surface area contributed by atoms with Crippen LogP contribution in [0, 0.1) is 10.1 Å². The molecular formula is C24H22NO3PS. The van der Waals surface area contributed by atoms with Crippen molar-refractivity contribution in [2.45, 2.75) is 18.7 Å². The van der Waals surface area contributed by atoms with E-state index in [1.54, 1.807) is 12.1 Å². The van der Waals surface area contributed by atoms with Crippen LogP contribution in [0.1, 0.15) is 13.8 Å². The Bertz CT molecular complexity index is 1090. The quantitative estimate of drug-likeness (QED) is 0.140. The van der Waals surface area contributed by atoms with E-state index in [1.165, 1.54) is 23.9 Å². The number of nitro groups is 1. The summed E-state index contributed by atoms with van der Waals surface area (Å²) in [6.07, 6.45) is 0. The second-order valence-electron chi connectivity index (χ2n) is 6.91. The van der Waals surface area contributed by atoms with Crippen molar-refractivity contribution in [1.29, 1.82) is 0 Å². The molecule has 0 fully saturated rings. The topological polar surface area (TPSA) is 60.2 Å². The van der Waals surface area contributed by atoms with Crippen LogP contribution in [0.5, 0.6) is 0 Å². The van der Waals surface area contributed by atoms with Gasteiger partial charge < -0.3 is 4.57 Å². The zero-order chi connectivity index (χ0) is 21.7. The number of nitrogens with zero attached hydrogens (tertiary/aromatic N) is 1. The lowest BCUT2D eigenvalue weighted by Crippen LogP contribution is -2.17. The Kier molecular flexibility index (Phi) is 6.76. The molecule has 0 aliphatic carbocycles. The van der Waals surface area contributed by atoms with Gasteiger partial charge in [-0.25, -0.2) is 0 Å². The van der Waals surface area contributed by atoms with Crippen molar-refractivity contribution in [3.8, 4) is 0 Å². The number of hydrogen-bond donors (Lipinski definition) is 0. The number of nitro benzene ring substituents is 1. The summed E-state index contributed by atoms with van der Waals surface area (Å²) in [7, 11) is -3.17. The van der Waals surface area contributed by atoms with E-state index in [1.807, 2.05) is 74.5 Å². The highest BCUT2D eigenvalue weighted by atomic mass is 32.2. The Hall–Kier alpha value is -2.88. The molecule has 0 atom stereocenters. The van der Waals surface area contributed by atoms with E-state index < -0.39 is 12.1 Å². The van der Waals surface area contributed by atoms with Crippen molar-refractivity contribution in [2.24, 2.45) is 0 Å². The van der Waals surface area contributed by atoms with Crippen molar-refractivity contribution in [1.82, 2.24) is 0 Å². The third kappa shape index (κ3) is 4.48. The maximum absolute atomic E-state index is 14.6. The Balaban J connectivity index is 2.07. The average molecular weight is 435 g/mol. The predicted octanol–water partition coefficient (Wildman–Crippen LogP) is 6.51. The number of hydrogen-bond acceptors (Lipinski definition) is 4. The van der Waals surface area contributed by atoms with Crippen molar-refractivity contribution >= 4 is 35.2 Å². The van der Waals surface area contributed by atoms with Crippen LogP contribution in [0.2, 0.25) is 0 Å². The summed E-state index contributed by atoms with van der Waals surface area (Å²) in [5, 5.41) is 12.9. The van der Waals surface area contributed by atoms with Crippen LogP contribution in [0.25, 0.3) is 0 Å². The Morgan fingerprint density at radius 3 is 1.73 bits per heavy atom. The van der Waals surface area contributed by atoms with Gasteiger partial charge in [-0.3, -0.25) is 10.1 Å². The third-order valence-electron chi connectivity index (χ3n) is 4.60. The first-order valence-corrected chi connectivity index (χ1v) is 11.9. The summed E-state index contributed by atoms with van der Waals surface area (Å²) in [5.41, 5.74) is 1.02. The fourth-order valence-corrected chi connectivity index (χ4v) is 7.05. The lowest BCUT2D eigenvalue weighted by molar-refractivity contribution is -0.384. The zero-order valence-electron chi connectivity index (χ0n) is 16.8. The molecule has 3 aromatic carbocycles. The Morgan fingerprint density at radius 2 is 1.33 bits per heavy atom. The first-order valence-electron chi connectivity index (χ1n) is 9.35. The molecule has 0 aliphatic heterocycles. The lowest BCUT2D eigenvalue weighted by Gasteiger charge is -2.24. The van der Waals surface area contributed by atoms with Gasteiger partial charge in [0.25, 0.3) is 5.69 Å². The van der Waals surface area contributed by atoms with Crippen molar-refractivity contribution in [2.75, 3.05) is 0 Å². The molecule has 0 aromatic heterocycles. The highest BCUT2D eigenvalue weighted by Gasteiger charge is 2.33. The second-order valence-corrected chi connectivity index (χ2v) is 10.8. The van der Waals surface area contributed by atoms with E-state index in [2.05, 4.69) is 6.58 Å². The van der Waals surface area contributed by atoms with Crippen LogP contribution in [-0.4, -0.2) is 4.92 Å². The molecule has 0 bridgehead atoms. The first-order chi connectivity index (χ1) is 14.3. The van der Waals surface area contributed by atoms with E-state index in [4.69, 9.17) is 0 Å². The summed E-state index contributed by atoms with van der Waals surface area (Å²) >= 11 is 1.43. The van der Waals surface area contributed by atoms with Gasteiger partial charge >= 0.3 is 0 Å². The Labute approximate surface area is 180 Å². The van der Waals surface area contributed by atoms with Gasteiger partial charge in [-0.05, 0) is 26.0 Å². The number of thioether (sulfide) groups is 1. The first kappa shape index (κ1) is 21.8. The second kappa shape index (κ2) is 9.29. The van der Waals surface area contributed by atoms with Crippen molar-refractivity contribution in [3.63, 3.8) is 0 Å². The van der Waals surface area contributed by atoms with Crippen LogP contribution in [0.4, 0.5) is 5.69 Å². The Morgan fingerprint density at radius 1 is 0.867 bits per heavy atom. The highest BCUT2D eigenvalue weighted by Crippen LogP contribution is 2.57. The molecule has 0 spiro atoms. The van der Waals surface area contributed by atoms with E-state index in [0.717, 1.165) is 26.0 Å². The molecule has 0 saturated heterocycles. The fraction of sp³-hybridized carbons (Fsp3) is 0.0833. The molecule has 0 aliphatic rings. The summed E-state index contributed by atoms with van der Waals surface area (Å²) in [4.78, 5) is 12.2. The van der Waals surface area contributed by atoms with Gasteiger partial charge in [0.1, 0.15) is 0 Å². The number of benzene rings is 3. The molecule has 0 heterocycles. The van der Waals surface area contributed by atoms with Gasteiger partial charge in [-0.2, -0.15) is 0 Å². The zero-order valence-corrected chi connectivity index (χ0v) is 18.5. The molecule has 30 heavy (non-hydrogen) atoms. The van der Waals surface area contributed by atoms with E-state index in [0.29, 0.717) is 5.31 Å². The predicted molar refractivity (Wildman–Crippen MR) is 126 cm³/mol. The highest BCUT2D eigenvalue weighted by molar-refractivity contribution is 8.04. The van der Waals surface area contributed by atoms with Crippen LogP contribution >= 0.6 is 18.9 Å². The summed E-state index contributed by atoms with van der Waals surface area (Å²) in [5.74, 6) is 0. The maximum atomic E-state index is 14.6. The SMILES string of the molecule is C=C(C(Sc1ccc([N+](=O)[O-])cc1)=C(C)C)P(=O)(c1ccccc1)c1ccccc1. The van der Waals surface area contributed by atoms with Gasteiger partial charge in [0.15, 0.2) is 7.14 Å². The summed E-state index contributed by atoms with van der Waals surface area (Å²) < 4.78 is 14.6. The van der Waals surface area contributed by atoms with Gasteiger partial charge in [-0.1, -0.05) is 84.6 Å². The summed E-state index contributed by atoms with van der Waals surface area (Å²) in [6.45, 7) is 8.21. The monoisotopic (exact) mass is 435 g/mol. The largest absolute Gasteiger partial charge is 0.309 e. The van der Waals surface area contributed by atoms with Crippen molar-refractivity contribution < 1.29 is 9.49 Å². The van der Waals surface area contributed by atoms with Crippen LogP contribution in [0.15, 0.2) is 112 Å². The molecule has 4 nitrogen and oxygen atoms in total. The molecule has 0 radical (unpaired) electrons. The minimum Gasteiger partial charge on any atom is -0.309 e. The number of allylic oxidation sites excluding steroid dienone is 2. The van der Waals surface area contributed by atoms with Crippen LogP contribution in [0.3, 0.4) is 0 Å². The van der Waals surface area contributed by atoms with Gasteiger partial charge in [0.05, 0.1) is 4.92 Å². The molecule has 0 unspecified atom stereocenters. The van der Waals surface area contributed by atoms with E-state index in [-0.39, 0.29) is 5.69 Å². The van der Waals surface area contributed by atoms with Gasteiger partial charge in [0.2, 0.25) is 0 Å². The van der Waals surface area contributed by atoms with Gasteiger partial charge in [0, 0.05) is 37.9 Å². The number of non-ortho nitro benzene ring substituents is 1. The lowest BCUT2D eigenvalue weighted by atomic mass is 10.3. The molecule has 0 N–H and O–H groups in total. The average Bonchev–Trinajstić information content (AvgIpc) is 2.77. The standard InChI is InChI=1S/C24H22NO3PS/c1-18(2)24(30-23-16-14-20(15-17-23)25(26)27)19(3)29(28,21-10-6-4-7-11-21)22-12-8-5-9-13-22/h4-17H,3H2,1-2H3. The van der Waals surface area contributed by atoms with Crippen LogP contribution < -0.4 is 10.6 Å². The third-order valence-corrected chi connectivity index (χ3v) is 9.16. The maximum Gasteiger partial charge on any atom is 0.269 e. The molecule has 3 aromatic rings. The van der Waals surface area contributed by atoms with Crippen LogP contribution in [-0.2, 0) is 4.57 Å².